The number of rotatable bonds is 8. The molecule has 1 N–H and O–H groups in total. The van der Waals surface area contributed by atoms with Crippen molar-refractivity contribution in [2.75, 3.05) is 33.1 Å². The molecule has 6 nitrogen and oxygen atoms in total. The summed E-state index contributed by atoms with van der Waals surface area (Å²) in [6, 6.07) is 11.8. The molecule has 0 spiro atoms. The quantitative estimate of drug-likeness (QED) is 0.567. The molecule has 1 atom stereocenters. The summed E-state index contributed by atoms with van der Waals surface area (Å²) >= 11 is 1.35. The molecular weight excluding hydrogens is 405 g/mol. The highest BCUT2D eigenvalue weighted by Crippen LogP contribution is 2.34. The minimum Gasteiger partial charge on any atom is -0.497 e. The van der Waals surface area contributed by atoms with Gasteiger partial charge in [0.05, 0.1) is 26.5 Å². The molecule has 158 valence electrons. The number of hydrogen-bond donors (Lipinski definition) is 1. The number of thiazole rings is 1. The van der Waals surface area contributed by atoms with Crippen molar-refractivity contribution in [1.82, 2.24) is 9.88 Å². The van der Waals surface area contributed by atoms with Crippen LogP contribution in [0, 0.1) is 5.82 Å². The van der Waals surface area contributed by atoms with Gasteiger partial charge in [0.15, 0.2) is 5.13 Å². The van der Waals surface area contributed by atoms with Crippen LogP contribution in [0.3, 0.4) is 0 Å². The fourth-order valence-electron chi connectivity index (χ4n) is 2.98. The van der Waals surface area contributed by atoms with Crippen molar-refractivity contribution in [2.24, 2.45) is 0 Å². The minimum absolute atomic E-state index is 0.0354. The summed E-state index contributed by atoms with van der Waals surface area (Å²) in [5.74, 6) is 0.886. The molecule has 0 bridgehead atoms. The van der Waals surface area contributed by atoms with E-state index < -0.39 is 0 Å². The molecule has 0 aliphatic heterocycles. The van der Waals surface area contributed by atoms with Crippen LogP contribution in [0.2, 0.25) is 0 Å². The number of halogens is 1. The van der Waals surface area contributed by atoms with Gasteiger partial charge in [0.2, 0.25) is 5.91 Å². The number of benzene rings is 2. The topological polar surface area (TPSA) is 63.7 Å². The average molecular weight is 430 g/mol. The maximum atomic E-state index is 13.1. The van der Waals surface area contributed by atoms with E-state index >= 15 is 0 Å². The van der Waals surface area contributed by atoms with Gasteiger partial charge in [-0.25, -0.2) is 9.37 Å². The molecule has 0 fully saturated rings. The van der Waals surface area contributed by atoms with Crippen molar-refractivity contribution < 1.29 is 18.7 Å². The molecule has 30 heavy (non-hydrogen) atoms. The molecule has 0 radical (unpaired) electrons. The number of likely N-dealkylation sites (N-methyl/N-ethyl adjacent to an activating group) is 1. The van der Waals surface area contributed by atoms with Crippen molar-refractivity contribution in [1.29, 1.82) is 0 Å². The van der Waals surface area contributed by atoms with Crippen molar-refractivity contribution in [3.8, 4) is 22.8 Å². The van der Waals surface area contributed by atoms with Gasteiger partial charge in [-0.2, -0.15) is 0 Å². The first kappa shape index (κ1) is 21.7. The molecule has 0 saturated heterocycles. The van der Waals surface area contributed by atoms with Crippen LogP contribution in [-0.4, -0.2) is 43.6 Å². The molecular formula is C22H24FN3O3S. The fourth-order valence-corrected chi connectivity index (χ4v) is 3.71. The molecule has 0 aliphatic carbocycles. The Bertz CT molecular complexity index is 1010. The predicted octanol–water partition coefficient (Wildman–Crippen LogP) is 4.60. The van der Waals surface area contributed by atoms with Gasteiger partial charge in [0.25, 0.3) is 0 Å². The van der Waals surface area contributed by atoms with E-state index in [1.54, 1.807) is 32.4 Å². The second-order valence-corrected chi connectivity index (χ2v) is 7.65. The third-order valence-electron chi connectivity index (χ3n) is 4.84. The molecule has 3 aromatic rings. The molecule has 3 rings (SSSR count). The highest BCUT2D eigenvalue weighted by Gasteiger charge is 2.17. The van der Waals surface area contributed by atoms with E-state index in [1.165, 1.54) is 23.5 Å². The number of anilines is 1. The smallest absolute Gasteiger partial charge is 0.240 e. The van der Waals surface area contributed by atoms with E-state index in [0.717, 1.165) is 11.1 Å². The Morgan fingerprint density at radius 1 is 1.20 bits per heavy atom. The van der Waals surface area contributed by atoms with Crippen LogP contribution >= 0.6 is 11.3 Å². The summed E-state index contributed by atoms with van der Waals surface area (Å²) in [5, 5.41) is 5.22. The second kappa shape index (κ2) is 9.69. The monoisotopic (exact) mass is 429 g/mol. The molecule has 2 aromatic carbocycles. The lowest BCUT2D eigenvalue weighted by atomic mass is 10.1. The number of nitrogens with one attached hydrogen (secondary N) is 1. The van der Waals surface area contributed by atoms with E-state index in [-0.39, 0.29) is 24.3 Å². The lowest BCUT2D eigenvalue weighted by molar-refractivity contribution is -0.117. The summed E-state index contributed by atoms with van der Waals surface area (Å²) < 4.78 is 23.8. The second-order valence-electron chi connectivity index (χ2n) is 6.79. The summed E-state index contributed by atoms with van der Waals surface area (Å²) in [7, 11) is 5.04. The Balaban J connectivity index is 1.64. The molecule has 0 saturated carbocycles. The molecule has 1 amide bonds. The van der Waals surface area contributed by atoms with Crippen molar-refractivity contribution in [3.05, 3.63) is 59.2 Å². The maximum absolute atomic E-state index is 13.1. The van der Waals surface area contributed by atoms with Gasteiger partial charge in [0, 0.05) is 23.1 Å². The van der Waals surface area contributed by atoms with Gasteiger partial charge in [-0.1, -0.05) is 12.1 Å². The van der Waals surface area contributed by atoms with Crippen LogP contribution in [0.4, 0.5) is 9.52 Å². The third kappa shape index (κ3) is 5.14. The first-order chi connectivity index (χ1) is 14.4. The van der Waals surface area contributed by atoms with Crippen LogP contribution in [0.15, 0.2) is 47.8 Å². The van der Waals surface area contributed by atoms with Crippen molar-refractivity contribution in [2.45, 2.75) is 13.0 Å². The number of carbonyl (C=O) groups excluding carboxylic acids is 1. The van der Waals surface area contributed by atoms with Crippen LogP contribution < -0.4 is 14.8 Å². The van der Waals surface area contributed by atoms with E-state index in [9.17, 15) is 9.18 Å². The Morgan fingerprint density at radius 2 is 1.93 bits per heavy atom. The summed E-state index contributed by atoms with van der Waals surface area (Å²) in [4.78, 5) is 18.9. The van der Waals surface area contributed by atoms with Crippen LogP contribution in [0.5, 0.6) is 11.5 Å². The molecule has 1 unspecified atom stereocenters. The summed E-state index contributed by atoms with van der Waals surface area (Å²) in [5.41, 5.74) is 2.47. The Hall–Kier alpha value is -2.97. The SMILES string of the molecule is COc1ccc(-c2csc(NC(=O)CN(C)C(C)c3ccc(F)cc3)n2)c(OC)c1. The lowest BCUT2D eigenvalue weighted by Crippen LogP contribution is -2.32. The molecule has 8 heteroatoms. The van der Waals surface area contributed by atoms with Crippen molar-refractivity contribution in [3.63, 3.8) is 0 Å². The number of hydrogen-bond acceptors (Lipinski definition) is 6. The Morgan fingerprint density at radius 3 is 2.60 bits per heavy atom. The van der Waals surface area contributed by atoms with Gasteiger partial charge < -0.3 is 14.8 Å². The standard InChI is InChI=1S/C22H24FN3O3S/c1-14(15-5-7-16(23)8-6-15)26(2)12-21(27)25-22-24-19(13-30-22)18-10-9-17(28-3)11-20(18)29-4/h5-11,13-14H,12H2,1-4H3,(H,24,25,27). The van der Waals surface area contributed by atoms with Gasteiger partial charge in [-0.05, 0) is 43.8 Å². The zero-order chi connectivity index (χ0) is 21.7. The van der Waals surface area contributed by atoms with E-state index in [2.05, 4.69) is 10.3 Å². The highest BCUT2D eigenvalue weighted by atomic mass is 32.1. The van der Waals surface area contributed by atoms with Gasteiger partial charge >= 0.3 is 0 Å². The Kier molecular flexibility index (Phi) is 7.02. The number of nitrogens with zero attached hydrogens (tertiary/aromatic N) is 2. The van der Waals surface area contributed by atoms with Crippen LogP contribution in [0.1, 0.15) is 18.5 Å². The number of amides is 1. The number of carbonyl (C=O) groups is 1. The fraction of sp³-hybridized carbons (Fsp3) is 0.273. The zero-order valence-corrected chi connectivity index (χ0v) is 18.1. The number of methoxy groups -OCH3 is 2. The van der Waals surface area contributed by atoms with Gasteiger partial charge in [0.1, 0.15) is 17.3 Å². The normalized spacial score (nSPS) is 11.9. The first-order valence-corrected chi connectivity index (χ1v) is 10.2. The van der Waals surface area contributed by atoms with E-state index in [1.807, 2.05) is 36.4 Å². The van der Waals surface area contributed by atoms with E-state index in [4.69, 9.17) is 9.47 Å². The average Bonchev–Trinajstić information content (AvgIpc) is 3.21. The van der Waals surface area contributed by atoms with Gasteiger partial charge in [-0.15, -0.1) is 11.3 Å². The first-order valence-electron chi connectivity index (χ1n) is 9.34. The lowest BCUT2D eigenvalue weighted by Gasteiger charge is -2.24. The number of ether oxygens (including phenoxy) is 2. The van der Waals surface area contributed by atoms with E-state index in [0.29, 0.717) is 22.3 Å². The molecule has 1 aromatic heterocycles. The summed E-state index contributed by atoms with van der Waals surface area (Å²) in [6.45, 7) is 2.15. The molecule has 0 aliphatic rings. The van der Waals surface area contributed by atoms with Crippen LogP contribution in [-0.2, 0) is 4.79 Å². The predicted molar refractivity (Wildman–Crippen MR) is 117 cm³/mol. The van der Waals surface area contributed by atoms with Crippen LogP contribution in [0.25, 0.3) is 11.3 Å². The number of aromatic nitrogens is 1. The van der Waals surface area contributed by atoms with Crippen molar-refractivity contribution >= 4 is 22.4 Å². The summed E-state index contributed by atoms with van der Waals surface area (Å²) in [6.07, 6.45) is 0. The maximum Gasteiger partial charge on any atom is 0.240 e. The Labute approximate surface area is 179 Å². The molecule has 1 heterocycles. The highest BCUT2D eigenvalue weighted by molar-refractivity contribution is 7.14. The minimum atomic E-state index is -0.278. The third-order valence-corrected chi connectivity index (χ3v) is 5.60. The zero-order valence-electron chi connectivity index (χ0n) is 17.3. The largest absolute Gasteiger partial charge is 0.497 e. The van der Waals surface area contributed by atoms with Gasteiger partial charge in [-0.3, -0.25) is 9.69 Å².